The maximum Gasteiger partial charge on any atom is 0.133 e. The Morgan fingerprint density at radius 1 is 1.00 bits per heavy atom. The molecule has 0 aromatic rings. The van der Waals surface area contributed by atoms with Crippen LogP contribution in [0, 0.1) is 0 Å². The molecule has 0 spiro atoms. The molecule has 2 heteroatoms. The van der Waals surface area contributed by atoms with Crippen molar-refractivity contribution < 1.29 is 11.5 Å². The third-order valence-corrected chi connectivity index (χ3v) is 0.971. The fourth-order valence-electron chi connectivity index (χ4n) is 0. The Balaban J connectivity index is 2.99. The molecule has 0 aromatic carbocycles. The molecule has 0 aliphatic carbocycles. The van der Waals surface area contributed by atoms with Gasteiger partial charge in [-0.2, -0.15) is 0 Å². The van der Waals surface area contributed by atoms with Crippen LogP contribution in [0.3, 0.4) is 0 Å². The lowest BCUT2D eigenvalue weighted by atomic mass is 10.2. The van der Waals surface area contributed by atoms with Crippen molar-refractivity contribution in [3.05, 3.63) is 0 Å². The normalized spacial score (nSPS) is 20.0. The highest BCUT2D eigenvalue weighted by Gasteiger charge is 2.04. The van der Waals surface area contributed by atoms with Crippen LogP contribution in [0.4, 0.5) is 0 Å². The largest absolute Gasteiger partial charge is 0.350 e. The van der Waals surface area contributed by atoms with Gasteiger partial charge in [0, 0.05) is 0 Å². The Hall–Kier alpha value is -0.0800. The molecule has 0 aliphatic rings. The summed E-state index contributed by atoms with van der Waals surface area (Å²) in [5, 5.41) is 0. The molecule has 6 N–H and O–H groups in total. The Labute approximate surface area is 38.5 Å². The summed E-state index contributed by atoms with van der Waals surface area (Å²) in [6.07, 6.45) is 0. The van der Waals surface area contributed by atoms with E-state index in [4.69, 9.17) is 0 Å². The van der Waals surface area contributed by atoms with Gasteiger partial charge in [0.1, 0.15) is 12.1 Å². The minimum atomic E-state index is 0.491. The first-order valence-electron chi connectivity index (χ1n) is 2.30. The number of quaternary nitrogens is 2. The summed E-state index contributed by atoms with van der Waals surface area (Å²) in [6.45, 7) is 4.13. The average molecular weight is 90.2 g/mol. The molecule has 0 unspecified atom stereocenters. The molecular weight excluding hydrogens is 76.1 g/mol. The van der Waals surface area contributed by atoms with Gasteiger partial charge in [-0.05, 0) is 13.8 Å². The van der Waals surface area contributed by atoms with Crippen molar-refractivity contribution in [3.63, 3.8) is 0 Å². The monoisotopic (exact) mass is 90.1 g/mol. The van der Waals surface area contributed by atoms with E-state index in [1.54, 1.807) is 0 Å². The summed E-state index contributed by atoms with van der Waals surface area (Å²) in [7, 11) is 0. The molecule has 0 aromatic heterocycles. The molecule has 0 radical (unpaired) electrons. The standard InChI is InChI=1S/C4H12N2/c1-3(5)4(2)6/h3-4H,5-6H2,1-2H3/p+2/t3-,4-/m0/s1. The van der Waals surface area contributed by atoms with Crippen molar-refractivity contribution in [2.75, 3.05) is 0 Å². The Morgan fingerprint density at radius 3 is 1.17 bits per heavy atom. The van der Waals surface area contributed by atoms with E-state index in [0.717, 1.165) is 0 Å². The van der Waals surface area contributed by atoms with Gasteiger partial charge in [-0.3, -0.25) is 0 Å². The van der Waals surface area contributed by atoms with Gasteiger partial charge < -0.3 is 11.5 Å². The molecular formula is C4H14N2+2. The Bertz CT molecular complexity index is 26.5. The van der Waals surface area contributed by atoms with Gasteiger partial charge in [-0.15, -0.1) is 0 Å². The quantitative estimate of drug-likeness (QED) is 0.383. The Kier molecular flexibility index (Phi) is 2.13. The third-order valence-electron chi connectivity index (χ3n) is 0.971. The van der Waals surface area contributed by atoms with E-state index in [-0.39, 0.29) is 0 Å². The molecule has 2 atom stereocenters. The van der Waals surface area contributed by atoms with Crippen LogP contribution in [-0.4, -0.2) is 12.1 Å². The summed E-state index contributed by atoms with van der Waals surface area (Å²) in [6, 6.07) is 0.981. The zero-order valence-electron chi connectivity index (χ0n) is 4.57. The van der Waals surface area contributed by atoms with E-state index >= 15 is 0 Å². The zero-order chi connectivity index (χ0) is 5.15. The highest BCUT2D eigenvalue weighted by atomic mass is 14.7. The number of hydrogen-bond acceptors (Lipinski definition) is 0. The van der Waals surface area contributed by atoms with E-state index in [2.05, 4.69) is 25.3 Å². The molecule has 0 amide bonds. The van der Waals surface area contributed by atoms with E-state index < -0.39 is 0 Å². The molecule has 0 fully saturated rings. The first kappa shape index (κ1) is 5.92. The van der Waals surface area contributed by atoms with Crippen molar-refractivity contribution >= 4 is 0 Å². The predicted molar refractivity (Wildman–Crippen MR) is 24.7 cm³/mol. The molecule has 0 bridgehead atoms. The summed E-state index contributed by atoms with van der Waals surface area (Å²) in [5.74, 6) is 0. The molecule has 0 saturated heterocycles. The highest BCUT2D eigenvalue weighted by molar-refractivity contribution is 4.47. The van der Waals surface area contributed by atoms with Crippen LogP contribution >= 0.6 is 0 Å². The Morgan fingerprint density at radius 2 is 1.17 bits per heavy atom. The molecule has 6 heavy (non-hydrogen) atoms. The van der Waals surface area contributed by atoms with Crippen LogP contribution in [0.25, 0.3) is 0 Å². The van der Waals surface area contributed by atoms with Gasteiger partial charge in [0.05, 0.1) is 0 Å². The maximum absolute atomic E-state index is 3.78. The van der Waals surface area contributed by atoms with E-state index in [1.165, 1.54) is 0 Å². The lowest BCUT2D eigenvalue weighted by molar-refractivity contribution is -0.520. The second-order valence-electron chi connectivity index (χ2n) is 1.95. The van der Waals surface area contributed by atoms with Gasteiger partial charge in [0.2, 0.25) is 0 Å². The lowest BCUT2D eigenvalue weighted by Crippen LogP contribution is -2.77. The van der Waals surface area contributed by atoms with Gasteiger partial charge in [0.15, 0.2) is 0 Å². The fourth-order valence-corrected chi connectivity index (χ4v) is 0. The van der Waals surface area contributed by atoms with Crippen LogP contribution in [0.15, 0.2) is 0 Å². The number of hydrogen-bond donors (Lipinski definition) is 2. The minimum absolute atomic E-state index is 0.491. The summed E-state index contributed by atoms with van der Waals surface area (Å²) in [5.41, 5.74) is 7.55. The van der Waals surface area contributed by atoms with Crippen LogP contribution < -0.4 is 11.5 Å². The van der Waals surface area contributed by atoms with Crippen LogP contribution in [0.1, 0.15) is 13.8 Å². The number of rotatable bonds is 1. The van der Waals surface area contributed by atoms with E-state index in [1.807, 2.05) is 0 Å². The van der Waals surface area contributed by atoms with Gasteiger partial charge in [-0.1, -0.05) is 0 Å². The van der Waals surface area contributed by atoms with Gasteiger partial charge >= 0.3 is 0 Å². The smallest absolute Gasteiger partial charge is 0.133 e. The first-order valence-corrected chi connectivity index (χ1v) is 2.30. The van der Waals surface area contributed by atoms with Gasteiger partial charge in [-0.25, -0.2) is 0 Å². The minimum Gasteiger partial charge on any atom is -0.350 e. The summed E-state index contributed by atoms with van der Waals surface area (Å²) >= 11 is 0. The molecule has 0 rings (SSSR count). The van der Waals surface area contributed by atoms with Crippen molar-refractivity contribution in [1.29, 1.82) is 0 Å². The fraction of sp³-hybridized carbons (Fsp3) is 1.00. The molecule has 0 saturated carbocycles. The topological polar surface area (TPSA) is 55.3 Å². The van der Waals surface area contributed by atoms with Crippen molar-refractivity contribution in [3.8, 4) is 0 Å². The summed E-state index contributed by atoms with van der Waals surface area (Å²) in [4.78, 5) is 0. The third kappa shape index (κ3) is 2.18. The molecule has 0 heterocycles. The van der Waals surface area contributed by atoms with Crippen LogP contribution in [-0.2, 0) is 0 Å². The van der Waals surface area contributed by atoms with E-state index in [0.29, 0.717) is 12.1 Å². The summed E-state index contributed by atoms with van der Waals surface area (Å²) < 4.78 is 0. The lowest BCUT2D eigenvalue weighted by Gasteiger charge is -1.98. The van der Waals surface area contributed by atoms with Gasteiger partial charge in [0.25, 0.3) is 0 Å². The van der Waals surface area contributed by atoms with Crippen molar-refractivity contribution in [2.24, 2.45) is 0 Å². The second kappa shape index (κ2) is 2.16. The average Bonchev–Trinajstić information content (AvgIpc) is 1.36. The van der Waals surface area contributed by atoms with Crippen LogP contribution in [0.2, 0.25) is 0 Å². The molecule has 2 nitrogen and oxygen atoms in total. The second-order valence-corrected chi connectivity index (χ2v) is 1.95. The van der Waals surface area contributed by atoms with Crippen molar-refractivity contribution in [1.82, 2.24) is 0 Å². The molecule has 38 valence electrons. The highest BCUT2D eigenvalue weighted by Crippen LogP contribution is 1.71. The zero-order valence-corrected chi connectivity index (χ0v) is 4.57. The van der Waals surface area contributed by atoms with Crippen molar-refractivity contribution in [2.45, 2.75) is 25.9 Å². The predicted octanol–water partition coefficient (Wildman–Crippen LogP) is -1.75. The molecule has 0 aliphatic heterocycles. The SMILES string of the molecule is C[C@H]([NH3+])[C@H](C)[NH3+]. The first-order chi connectivity index (χ1) is 2.64. The maximum atomic E-state index is 3.78. The van der Waals surface area contributed by atoms with E-state index in [9.17, 15) is 0 Å². The van der Waals surface area contributed by atoms with Crippen LogP contribution in [0.5, 0.6) is 0 Å².